The monoisotopic (exact) mass is 358 g/mol. The maximum Gasteiger partial charge on any atom is 0.256 e. The lowest BCUT2D eigenvalue weighted by Crippen LogP contribution is -2.13. The summed E-state index contributed by atoms with van der Waals surface area (Å²) in [5, 5.41) is 4.35. The number of benzene rings is 3. The maximum absolute atomic E-state index is 12.9. The topological polar surface area (TPSA) is 42.0 Å². The van der Waals surface area contributed by atoms with Gasteiger partial charge in [-0.25, -0.2) is 4.98 Å². The highest BCUT2D eigenvalue weighted by atomic mass is 35.5. The fourth-order valence-corrected chi connectivity index (χ4v) is 3.12. The van der Waals surface area contributed by atoms with Crippen molar-refractivity contribution in [1.82, 2.24) is 4.98 Å². The Morgan fingerprint density at radius 3 is 2.35 bits per heavy atom. The van der Waals surface area contributed by atoms with E-state index in [0.29, 0.717) is 16.3 Å². The molecule has 0 spiro atoms. The van der Waals surface area contributed by atoms with Gasteiger partial charge in [0.15, 0.2) is 0 Å². The van der Waals surface area contributed by atoms with Crippen molar-refractivity contribution in [2.75, 3.05) is 5.32 Å². The van der Waals surface area contributed by atoms with Gasteiger partial charge in [0.25, 0.3) is 5.91 Å². The first kappa shape index (κ1) is 16.3. The molecule has 1 heterocycles. The van der Waals surface area contributed by atoms with Gasteiger partial charge >= 0.3 is 0 Å². The van der Waals surface area contributed by atoms with Crippen molar-refractivity contribution in [3.63, 3.8) is 0 Å². The molecule has 0 saturated heterocycles. The quantitative estimate of drug-likeness (QED) is 0.502. The smallest absolute Gasteiger partial charge is 0.256 e. The van der Waals surface area contributed by atoms with Gasteiger partial charge < -0.3 is 5.32 Å². The lowest BCUT2D eigenvalue weighted by Gasteiger charge is -2.11. The fraction of sp³-hybridized carbons (Fsp3) is 0. The van der Waals surface area contributed by atoms with E-state index in [0.717, 1.165) is 22.2 Å². The number of nitrogens with one attached hydrogen (secondary N) is 1. The molecule has 1 N–H and O–H groups in total. The highest BCUT2D eigenvalue weighted by Gasteiger charge is 2.15. The third-order valence-corrected chi connectivity index (χ3v) is 4.47. The van der Waals surface area contributed by atoms with Crippen LogP contribution in [0.25, 0.3) is 22.2 Å². The van der Waals surface area contributed by atoms with Crippen LogP contribution in [-0.2, 0) is 0 Å². The van der Waals surface area contributed by atoms with Crippen LogP contribution >= 0.6 is 11.6 Å². The molecule has 0 atom stereocenters. The number of hydrogen-bond donors (Lipinski definition) is 1. The molecule has 0 unspecified atom stereocenters. The van der Waals surface area contributed by atoms with Gasteiger partial charge in [0.1, 0.15) is 0 Å². The number of para-hydroxylation sites is 2. The molecule has 126 valence electrons. The summed E-state index contributed by atoms with van der Waals surface area (Å²) in [5.74, 6) is -0.178. The Labute approximate surface area is 156 Å². The zero-order valence-corrected chi connectivity index (χ0v) is 14.6. The summed E-state index contributed by atoms with van der Waals surface area (Å²) in [4.78, 5) is 17.6. The highest BCUT2D eigenvalue weighted by Crippen LogP contribution is 2.30. The van der Waals surface area contributed by atoms with Crippen molar-refractivity contribution in [1.29, 1.82) is 0 Å². The number of pyridine rings is 1. The number of amides is 1. The Bertz CT molecular complexity index is 1090. The molecule has 3 nitrogen and oxygen atoms in total. The molecule has 3 aromatic carbocycles. The third-order valence-electron chi connectivity index (χ3n) is 4.14. The average Bonchev–Trinajstić information content (AvgIpc) is 2.68. The van der Waals surface area contributed by atoms with E-state index in [1.54, 1.807) is 6.07 Å². The molecule has 0 saturated carbocycles. The number of anilines is 1. The van der Waals surface area contributed by atoms with E-state index in [1.807, 2.05) is 78.9 Å². The molecule has 26 heavy (non-hydrogen) atoms. The summed E-state index contributed by atoms with van der Waals surface area (Å²) >= 11 is 6.33. The highest BCUT2D eigenvalue weighted by molar-refractivity contribution is 6.33. The van der Waals surface area contributed by atoms with Gasteiger partial charge in [0.2, 0.25) is 0 Å². The summed E-state index contributed by atoms with van der Waals surface area (Å²) in [6.07, 6.45) is 0. The zero-order chi connectivity index (χ0) is 17.9. The van der Waals surface area contributed by atoms with Gasteiger partial charge in [-0.2, -0.15) is 0 Å². The molecule has 4 aromatic rings. The van der Waals surface area contributed by atoms with Crippen LogP contribution in [0.1, 0.15) is 10.4 Å². The summed E-state index contributed by atoms with van der Waals surface area (Å²) in [6.45, 7) is 0. The summed E-state index contributed by atoms with van der Waals surface area (Å²) in [5.41, 5.74) is 3.54. The van der Waals surface area contributed by atoms with E-state index in [4.69, 9.17) is 16.6 Å². The summed E-state index contributed by atoms with van der Waals surface area (Å²) in [7, 11) is 0. The number of carbonyl (C=O) groups excluding carboxylic acids is 1. The molecule has 0 fully saturated rings. The van der Waals surface area contributed by atoms with Gasteiger partial charge in [-0.3, -0.25) is 4.79 Å². The van der Waals surface area contributed by atoms with Crippen LogP contribution in [0.3, 0.4) is 0 Å². The molecule has 0 aliphatic rings. The minimum absolute atomic E-state index is 0.178. The molecule has 0 aliphatic heterocycles. The van der Waals surface area contributed by atoms with Crippen LogP contribution in [0, 0.1) is 0 Å². The lowest BCUT2D eigenvalue weighted by molar-refractivity contribution is 0.102. The Balaban J connectivity index is 1.85. The van der Waals surface area contributed by atoms with Gasteiger partial charge in [-0.15, -0.1) is 0 Å². The van der Waals surface area contributed by atoms with Crippen LogP contribution < -0.4 is 5.32 Å². The number of halogens is 1. The third kappa shape index (κ3) is 3.17. The van der Waals surface area contributed by atoms with Crippen molar-refractivity contribution >= 4 is 34.1 Å². The first-order chi connectivity index (χ1) is 12.7. The van der Waals surface area contributed by atoms with E-state index in [1.165, 1.54) is 0 Å². The van der Waals surface area contributed by atoms with Crippen LogP contribution in [0.2, 0.25) is 5.02 Å². The molecule has 1 amide bonds. The first-order valence-electron chi connectivity index (χ1n) is 8.23. The zero-order valence-electron chi connectivity index (χ0n) is 13.8. The molecular weight excluding hydrogens is 344 g/mol. The molecular formula is C22H15ClN2O. The molecule has 1 aromatic heterocycles. The number of nitrogens with zero attached hydrogens (tertiary/aromatic N) is 1. The number of rotatable bonds is 3. The Hall–Kier alpha value is -3.17. The van der Waals surface area contributed by atoms with Crippen molar-refractivity contribution in [3.05, 3.63) is 95.5 Å². The van der Waals surface area contributed by atoms with Crippen LogP contribution in [-0.4, -0.2) is 10.9 Å². The number of aromatic nitrogens is 1. The predicted molar refractivity (Wildman–Crippen MR) is 107 cm³/mol. The van der Waals surface area contributed by atoms with Gasteiger partial charge in [-0.05, 0) is 30.3 Å². The standard InChI is InChI=1S/C22H15ClN2O/c23-19-12-6-4-11-17(19)21-14-18(16-10-5-7-13-20(16)25-21)22(26)24-15-8-2-1-3-9-15/h1-14H,(H,24,26). The van der Waals surface area contributed by atoms with Crippen molar-refractivity contribution < 1.29 is 4.79 Å². The minimum Gasteiger partial charge on any atom is -0.322 e. The van der Waals surface area contributed by atoms with E-state index >= 15 is 0 Å². The van der Waals surface area contributed by atoms with Crippen LogP contribution in [0.5, 0.6) is 0 Å². The summed E-state index contributed by atoms with van der Waals surface area (Å²) in [6, 6.07) is 26.3. The second-order valence-electron chi connectivity index (χ2n) is 5.87. The molecule has 0 radical (unpaired) electrons. The Kier molecular flexibility index (Phi) is 4.38. The largest absolute Gasteiger partial charge is 0.322 e. The van der Waals surface area contributed by atoms with E-state index < -0.39 is 0 Å². The summed E-state index contributed by atoms with van der Waals surface area (Å²) < 4.78 is 0. The van der Waals surface area contributed by atoms with E-state index in [2.05, 4.69) is 5.32 Å². The Morgan fingerprint density at radius 1 is 0.846 bits per heavy atom. The van der Waals surface area contributed by atoms with Crippen LogP contribution in [0.4, 0.5) is 5.69 Å². The van der Waals surface area contributed by atoms with Gasteiger partial charge in [-0.1, -0.05) is 66.2 Å². The minimum atomic E-state index is -0.178. The molecule has 4 heteroatoms. The number of fused-ring (bicyclic) bond motifs is 1. The van der Waals surface area contributed by atoms with Crippen molar-refractivity contribution in [2.45, 2.75) is 0 Å². The second-order valence-corrected chi connectivity index (χ2v) is 6.28. The van der Waals surface area contributed by atoms with Gasteiger partial charge in [0, 0.05) is 21.7 Å². The molecule has 4 rings (SSSR count). The normalized spacial score (nSPS) is 10.7. The van der Waals surface area contributed by atoms with Crippen LogP contribution in [0.15, 0.2) is 84.9 Å². The van der Waals surface area contributed by atoms with Crippen molar-refractivity contribution in [2.24, 2.45) is 0 Å². The first-order valence-corrected chi connectivity index (χ1v) is 8.61. The lowest BCUT2D eigenvalue weighted by atomic mass is 10.0. The average molecular weight is 359 g/mol. The van der Waals surface area contributed by atoms with E-state index in [9.17, 15) is 4.79 Å². The second kappa shape index (κ2) is 6.98. The fourth-order valence-electron chi connectivity index (χ4n) is 2.89. The van der Waals surface area contributed by atoms with Crippen molar-refractivity contribution in [3.8, 4) is 11.3 Å². The number of hydrogen-bond acceptors (Lipinski definition) is 2. The SMILES string of the molecule is O=C(Nc1ccccc1)c1cc(-c2ccccc2Cl)nc2ccccc12. The maximum atomic E-state index is 12.9. The molecule has 0 aliphatic carbocycles. The molecule has 0 bridgehead atoms. The Morgan fingerprint density at radius 2 is 1.54 bits per heavy atom. The van der Waals surface area contributed by atoms with E-state index in [-0.39, 0.29) is 5.91 Å². The number of carbonyl (C=O) groups is 1. The predicted octanol–water partition coefficient (Wildman–Crippen LogP) is 5.81. The van der Waals surface area contributed by atoms with Gasteiger partial charge in [0.05, 0.1) is 16.8 Å².